The lowest BCUT2D eigenvalue weighted by molar-refractivity contribution is -0.140. The second kappa shape index (κ2) is 19.2. The smallest absolute Gasteiger partial charge is 0.154 e. The molecular weight excluding hydrogens is 296 g/mol. The van der Waals surface area contributed by atoms with Gasteiger partial charge in [0, 0.05) is 7.11 Å². The van der Waals surface area contributed by atoms with E-state index in [4.69, 9.17) is 9.47 Å². The standard InChI is InChI=1S/C22H46O2/c1-5-6-7-8-9-10-11-12-13-14-15-16-17-18-19-20-21(2)24-22(3)23-4/h21-22H,5-20H2,1-4H3. The SMILES string of the molecule is CCCCCCCCCCCCCCCCCC(C)OC(C)OC. The highest BCUT2D eigenvalue weighted by Gasteiger charge is 2.06. The maximum Gasteiger partial charge on any atom is 0.154 e. The van der Waals surface area contributed by atoms with Gasteiger partial charge in [0.05, 0.1) is 6.10 Å². The van der Waals surface area contributed by atoms with Crippen LogP contribution in [-0.2, 0) is 9.47 Å². The van der Waals surface area contributed by atoms with Gasteiger partial charge >= 0.3 is 0 Å². The minimum atomic E-state index is -0.0728. The van der Waals surface area contributed by atoms with Gasteiger partial charge in [-0.05, 0) is 20.3 Å². The van der Waals surface area contributed by atoms with E-state index >= 15 is 0 Å². The molecule has 0 saturated carbocycles. The summed E-state index contributed by atoms with van der Waals surface area (Å²) < 4.78 is 10.8. The van der Waals surface area contributed by atoms with Gasteiger partial charge in [-0.3, -0.25) is 0 Å². The summed E-state index contributed by atoms with van der Waals surface area (Å²) in [7, 11) is 1.70. The first-order valence-corrected chi connectivity index (χ1v) is 10.9. The summed E-state index contributed by atoms with van der Waals surface area (Å²) in [6.07, 6.45) is 22.7. The monoisotopic (exact) mass is 342 g/mol. The van der Waals surface area contributed by atoms with Crippen molar-refractivity contribution < 1.29 is 9.47 Å². The van der Waals surface area contributed by atoms with E-state index in [1.54, 1.807) is 7.11 Å². The summed E-state index contributed by atoms with van der Waals surface area (Å²) in [5.41, 5.74) is 0. The van der Waals surface area contributed by atoms with Gasteiger partial charge in [-0.2, -0.15) is 0 Å². The number of hydrogen-bond acceptors (Lipinski definition) is 2. The zero-order valence-electron chi connectivity index (χ0n) is 17.3. The molecule has 0 rings (SSSR count). The predicted octanol–water partition coefficient (Wildman–Crippen LogP) is 7.65. The first-order valence-electron chi connectivity index (χ1n) is 10.9. The Morgan fingerprint density at radius 3 is 1.33 bits per heavy atom. The number of rotatable bonds is 19. The van der Waals surface area contributed by atoms with Crippen LogP contribution < -0.4 is 0 Å². The summed E-state index contributed by atoms with van der Waals surface area (Å²) in [5, 5.41) is 0. The lowest BCUT2D eigenvalue weighted by Crippen LogP contribution is -2.18. The fourth-order valence-electron chi connectivity index (χ4n) is 3.25. The summed E-state index contributed by atoms with van der Waals surface area (Å²) in [4.78, 5) is 0. The van der Waals surface area contributed by atoms with Crippen molar-refractivity contribution >= 4 is 0 Å². The second-order valence-corrected chi connectivity index (χ2v) is 7.49. The molecule has 0 radical (unpaired) electrons. The Balaban J connectivity index is 3.10. The Morgan fingerprint density at radius 1 is 0.583 bits per heavy atom. The Hall–Kier alpha value is -0.0800. The van der Waals surface area contributed by atoms with Gasteiger partial charge in [0.2, 0.25) is 0 Å². The van der Waals surface area contributed by atoms with Crippen LogP contribution in [0.1, 0.15) is 124 Å². The molecule has 0 aromatic rings. The van der Waals surface area contributed by atoms with Gasteiger partial charge in [-0.25, -0.2) is 0 Å². The first-order chi connectivity index (χ1) is 11.7. The Labute approximate surface area is 153 Å². The second-order valence-electron chi connectivity index (χ2n) is 7.49. The molecule has 2 heteroatoms. The maximum atomic E-state index is 5.70. The Kier molecular flexibility index (Phi) is 19.2. The van der Waals surface area contributed by atoms with E-state index in [9.17, 15) is 0 Å². The van der Waals surface area contributed by atoms with Crippen molar-refractivity contribution in [2.24, 2.45) is 0 Å². The highest BCUT2D eigenvalue weighted by atomic mass is 16.7. The zero-order valence-corrected chi connectivity index (χ0v) is 17.3. The molecule has 0 saturated heterocycles. The van der Waals surface area contributed by atoms with Crippen molar-refractivity contribution in [1.82, 2.24) is 0 Å². The third kappa shape index (κ3) is 18.3. The summed E-state index contributed by atoms with van der Waals surface area (Å²) >= 11 is 0. The van der Waals surface area contributed by atoms with Crippen molar-refractivity contribution in [2.75, 3.05) is 7.11 Å². The van der Waals surface area contributed by atoms with Crippen LogP contribution in [-0.4, -0.2) is 19.5 Å². The highest BCUT2D eigenvalue weighted by molar-refractivity contribution is 4.53. The number of unbranched alkanes of at least 4 members (excludes halogenated alkanes) is 14. The predicted molar refractivity (Wildman–Crippen MR) is 107 cm³/mol. The molecule has 0 amide bonds. The maximum absolute atomic E-state index is 5.70. The lowest BCUT2D eigenvalue weighted by atomic mass is 10.0. The summed E-state index contributed by atoms with van der Waals surface area (Å²) in [6, 6.07) is 0. The number of ether oxygens (including phenoxy) is 2. The van der Waals surface area contributed by atoms with Gasteiger partial charge in [0.1, 0.15) is 0 Å². The molecule has 0 aliphatic carbocycles. The summed E-state index contributed by atoms with van der Waals surface area (Å²) in [5.74, 6) is 0. The van der Waals surface area contributed by atoms with Crippen molar-refractivity contribution in [3.63, 3.8) is 0 Å². The van der Waals surface area contributed by atoms with Crippen LogP contribution >= 0.6 is 0 Å². The molecule has 0 aromatic heterocycles. The van der Waals surface area contributed by atoms with Crippen molar-refractivity contribution in [3.8, 4) is 0 Å². The molecule has 146 valence electrons. The van der Waals surface area contributed by atoms with Gasteiger partial charge in [0.15, 0.2) is 6.29 Å². The van der Waals surface area contributed by atoms with Gasteiger partial charge < -0.3 is 9.47 Å². The molecule has 0 aliphatic rings. The minimum absolute atomic E-state index is 0.0728. The van der Waals surface area contributed by atoms with E-state index in [1.807, 2.05) is 6.92 Å². The molecular formula is C22H46O2. The fourth-order valence-corrected chi connectivity index (χ4v) is 3.25. The van der Waals surface area contributed by atoms with Gasteiger partial charge in [-0.1, -0.05) is 103 Å². The third-order valence-electron chi connectivity index (χ3n) is 4.97. The zero-order chi connectivity index (χ0) is 17.9. The molecule has 0 fully saturated rings. The van der Waals surface area contributed by atoms with E-state index in [2.05, 4.69) is 13.8 Å². The normalized spacial score (nSPS) is 14.0. The molecule has 2 atom stereocenters. The van der Waals surface area contributed by atoms with Crippen LogP contribution in [0.15, 0.2) is 0 Å². The van der Waals surface area contributed by atoms with E-state index in [1.165, 1.54) is 96.3 Å². The molecule has 0 N–H and O–H groups in total. The molecule has 0 spiro atoms. The molecule has 0 bridgehead atoms. The number of hydrogen-bond donors (Lipinski definition) is 0. The number of methoxy groups -OCH3 is 1. The van der Waals surface area contributed by atoms with Crippen molar-refractivity contribution in [3.05, 3.63) is 0 Å². The molecule has 24 heavy (non-hydrogen) atoms. The van der Waals surface area contributed by atoms with Crippen LogP contribution in [0, 0.1) is 0 Å². The highest BCUT2D eigenvalue weighted by Crippen LogP contribution is 2.14. The fraction of sp³-hybridized carbons (Fsp3) is 1.00. The van der Waals surface area contributed by atoms with Gasteiger partial charge in [-0.15, -0.1) is 0 Å². The van der Waals surface area contributed by atoms with Crippen LogP contribution in [0.5, 0.6) is 0 Å². The lowest BCUT2D eigenvalue weighted by Gasteiger charge is -2.17. The quantitative estimate of drug-likeness (QED) is 0.177. The largest absolute Gasteiger partial charge is 0.356 e. The Bertz CT molecular complexity index is 230. The average Bonchev–Trinajstić information content (AvgIpc) is 2.58. The first kappa shape index (κ1) is 23.9. The van der Waals surface area contributed by atoms with E-state index in [-0.39, 0.29) is 6.29 Å². The van der Waals surface area contributed by atoms with Gasteiger partial charge in [0.25, 0.3) is 0 Å². The average molecular weight is 343 g/mol. The van der Waals surface area contributed by atoms with Crippen molar-refractivity contribution in [1.29, 1.82) is 0 Å². The molecule has 0 aliphatic heterocycles. The topological polar surface area (TPSA) is 18.5 Å². The van der Waals surface area contributed by atoms with Crippen molar-refractivity contribution in [2.45, 2.75) is 136 Å². The molecule has 0 aromatic carbocycles. The van der Waals surface area contributed by atoms with E-state index < -0.39 is 0 Å². The molecule has 2 nitrogen and oxygen atoms in total. The van der Waals surface area contributed by atoms with E-state index in [0.717, 1.165) is 6.42 Å². The van der Waals surface area contributed by atoms with Crippen LogP contribution in [0.25, 0.3) is 0 Å². The van der Waals surface area contributed by atoms with Crippen LogP contribution in [0.2, 0.25) is 0 Å². The van der Waals surface area contributed by atoms with Crippen LogP contribution in [0.3, 0.4) is 0 Å². The van der Waals surface area contributed by atoms with Crippen LogP contribution in [0.4, 0.5) is 0 Å². The van der Waals surface area contributed by atoms with E-state index in [0.29, 0.717) is 6.10 Å². The Morgan fingerprint density at radius 2 is 0.958 bits per heavy atom. The molecule has 0 heterocycles. The third-order valence-corrected chi connectivity index (χ3v) is 4.97. The minimum Gasteiger partial charge on any atom is -0.356 e. The summed E-state index contributed by atoms with van der Waals surface area (Å²) in [6.45, 7) is 6.40. The molecule has 2 unspecified atom stereocenters.